The summed E-state index contributed by atoms with van der Waals surface area (Å²) >= 11 is 0. The van der Waals surface area contributed by atoms with Gasteiger partial charge in [0.05, 0.1) is 0 Å². The maximum Gasteiger partial charge on any atom is 0 e. The van der Waals surface area contributed by atoms with E-state index in [1.165, 1.54) is 0 Å². The summed E-state index contributed by atoms with van der Waals surface area (Å²) in [6.45, 7) is 0. The van der Waals surface area contributed by atoms with Gasteiger partial charge in [-0.05, 0) is 0 Å². The van der Waals surface area contributed by atoms with Crippen LogP contribution in [0.15, 0.2) is 0 Å². The molecule has 0 saturated heterocycles. The van der Waals surface area contributed by atoms with Crippen LogP contribution in [-0.4, -0.2) is 25.8 Å². The third-order valence-electron chi connectivity index (χ3n) is 0. The molecule has 0 aliphatic rings. The van der Waals surface area contributed by atoms with Crippen molar-refractivity contribution in [1.29, 1.82) is 0 Å². The van der Waals surface area contributed by atoms with Gasteiger partial charge in [-0.25, -0.2) is 0 Å². The Bertz CT molecular complexity index is 11.6. The fourth-order valence-electron chi connectivity index (χ4n) is 0. The van der Waals surface area contributed by atoms with Gasteiger partial charge in [0.2, 0.25) is 0 Å². The quantitative estimate of drug-likeness (QED) is 0.379. The van der Waals surface area contributed by atoms with Gasteiger partial charge in [0.1, 0.15) is 0 Å². The summed E-state index contributed by atoms with van der Waals surface area (Å²) in [5.74, 6) is 0. The maximum atomic E-state index is 0. The first-order chi connectivity index (χ1) is 0. The summed E-state index contributed by atoms with van der Waals surface area (Å²) in [6.07, 6.45) is 0. The van der Waals surface area contributed by atoms with Gasteiger partial charge in [0, 0.05) is 94.5 Å². The predicted octanol–water partition coefficient (Wildman–Crippen LogP) is -1.19. The van der Waals surface area contributed by atoms with Gasteiger partial charge in [0.15, 0.2) is 0 Å². The first-order valence-electron chi connectivity index (χ1n) is 0. The van der Waals surface area contributed by atoms with Crippen LogP contribution in [0.5, 0.6) is 0 Å². The van der Waals surface area contributed by atoms with Crippen molar-refractivity contribution in [2.75, 3.05) is 0 Å². The molecule has 0 nitrogen and oxygen atoms in total. The van der Waals surface area contributed by atoms with E-state index >= 15 is 0 Å². The third-order valence-corrected chi connectivity index (χ3v) is 0. The Labute approximate surface area is 117 Å². The molecule has 0 unspecified atom stereocenters. The van der Waals surface area contributed by atoms with Crippen molar-refractivity contribution in [1.82, 2.24) is 0 Å². The van der Waals surface area contributed by atoms with Crippen LogP contribution in [0.1, 0.15) is 0 Å². The van der Waals surface area contributed by atoms with Crippen LogP contribution in [0, 0.1) is 35.6 Å². The minimum atomic E-state index is 0. The second-order valence-electron chi connectivity index (χ2n) is 0. The van der Waals surface area contributed by atoms with Crippen LogP contribution >= 0.6 is 0 Å². The molecule has 0 aromatic carbocycles. The zero-order chi connectivity index (χ0) is 0. The maximum absolute atomic E-state index is 0. The largest absolute Gasteiger partial charge is 0 e. The summed E-state index contributed by atoms with van der Waals surface area (Å²) in [5.41, 5.74) is 0. The van der Waals surface area contributed by atoms with E-state index in [0.29, 0.717) is 0 Å². The summed E-state index contributed by atoms with van der Waals surface area (Å²) in [7, 11) is 0. The SMILES string of the molecule is [Ag].[Fe].[InH3].[La].[Zn]. The molecule has 0 saturated carbocycles. The average molecular weight is 486 g/mol. The molecule has 2 radical (unpaired) electrons. The van der Waals surface area contributed by atoms with E-state index in [2.05, 4.69) is 0 Å². The Morgan fingerprint density at radius 3 is 1.00 bits per heavy atom. The molecule has 0 aromatic heterocycles. The normalized spacial score (nSPS) is 0. The zero-order valence-electron chi connectivity index (χ0n) is 1.94. The predicted molar refractivity (Wildman–Crippen MR) is 9.94 cm³/mol. The Balaban J connectivity index is 0. The van der Waals surface area contributed by atoms with Gasteiger partial charge in [-0.3, -0.25) is 0 Å². The van der Waals surface area contributed by atoms with Crippen molar-refractivity contribution in [3.05, 3.63) is 0 Å². The van der Waals surface area contributed by atoms with Crippen molar-refractivity contribution in [3.8, 4) is 0 Å². The molecule has 0 aliphatic heterocycles. The van der Waals surface area contributed by atoms with Gasteiger partial charge in [-0.1, -0.05) is 0 Å². The summed E-state index contributed by atoms with van der Waals surface area (Å²) in [6, 6.07) is 0. The Morgan fingerprint density at radius 2 is 1.00 bits per heavy atom. The second-order valence-corrected chi connectivity index (χ2v) is 0. The molecule has 30 valence electrons. The number of hydrogen-bond acceptors (Lipinski definition) is 0. The molecule has 0 atom stereocenters. The van der Waals surface area contributed by atoms with Crippen LogP contribution in [0.25, 0.3) is 0 Å². The van der Waals surface area contributed by atoms with Crippen molar-refractivity contribution < 1.29 is 94.5 Å². The molecule has 0 fully saturated rings. The zero-order valence-corrected chi connectivity index (χ0v) is 11.1. The molecule has 5 heteroatoms. The summed E-state index contributed by atoms with van der Waals surface area (Å²) < 4.78 is 0. The Hall–Kier alpha value is 3.95. The van der Waals surface area contributed by atoms with E-state index in [-0.39, 0.29) is 120 Å². The molecule has 0 rings (SSSR count). The van der Waals surface area contributed by atoms with E-state index in [9.17, 15) is 0 Å². The minimum Gasteiger partial charge on any atom is 0 e. The number of rotatable bonds is 0. The molecule has 0 N–H and O–H groups in total. The second kappa shape index (κ2) is 24.6. The van der Waals surface area contributed by atoms with Gasteiger partial charge < -0.3 is 0 Å². The fraction of sp³-hybridized carbons (Fsp3) is 0. The van der Waals surface area contributed by atoms with Crippen LogP contribution in [0.4, 0.5) is 0 Å². The smallest absolute Gasteiger partial charge is 0 e. The van der Waals surface area contributed by atoms with Gasteiger partial charge in [-0.2, -0.15) is 0 Å². The van der Waals surface area contributed by atoms with Crippen LogP contribution in [0.3, 0.4) is 0 Å². The average Bonchev–Trinajstić information content (AvgIpc) is 0. The van der Waals surface area contributed by atoms with E-state index in [4.69, 9.17) is 0 Å². The molecule has 0 bridgehead atoms. The molecule has 0 heterocycles. The molecule has 0 amide bonds. The fourth-order valence-corrected chi connectivity index (χ4v) is 0. The minimum absolute atomic E-state index is 0. The van der Waals surface area contributed by atoms with Crippen LogP contribution in [-0.2, 0) is 58.9 Å². The van der Waals surface area contributed by atoms with E-state index in [1.807, 2.05) is 0 Å². The Kier molecular flexibility index (Phi) is 179. The van der Waals surface area contributed by atoms with Gasteiger partial charge >= 0.3 is 25.8 Å². The number of hydrogen-bond donors (Lipinski definition) is 0. The molecule has 0 spiro atoms. The van der Waals surface area contributed by atoms with E-state index < -0.39 is 0 Å². The van der Waals surface area contributed by atoms with Crippen LogP contribution in [0.2, 0.25) is 0 Å². The first kappa shape index (κ1) is 36.3. The van der Waals surface area contributed by atoms with E-state index in [0.717, 1.165) is 0 Å². The molecule has 0 aromatic rings. The summed E-state index contributed by atoms with van der Waals surface area (Å²) in [4.78, 5) is 0. The Morgan fingerprint density at radius 1 is 1.00 bits per heavy atom. The standard InChI is InChI=1S/Ag.Fe.In.La.Zn.3H. The van der Waals surface area contributed by atoms with Crippen molar-refractivity contribution in [2.24, 2.45) is 0 Å². The third kappa shape index (κ3) is 18.0. The van der Waals surface area contributed by atoms with Crippen molar-refractivity contribution in [3.63, 3.8) is 0 Å². The summed E-state index contributed by atoms with van der Waals surface area (Å²) in [5, 5.41) is 0. The van der Waals surface area contributed by atoms with E-state index in [1.54, 1.807) is 0 Å². The van der Waals surface area contributed by atoms with Gasteiger partial charge in [-0.15, -0.1) is 0 Å². The van der Waals surface area contributed by atoms with Gasteiger partial charge in [0.25, 0.3) is 0 Å². The topological polar surface area (TPSA) is 0 Å². The van der Waals surface area contributed by atoms with Crippen molar-refractivity contribution >= 4 is 25.8 Å². The molecular weight excluding hydrogens is 483 g/mol. The van der Waals surface area contributed by atoms with Crippen molar-refractivity contribution in [2.45, 2.75) is 0 Å². The molecule has 5 heavy (non-hydrogen) atoms. The van der Waals surface area contributed by atoms with Crippen LogP contribution < -0.4 is 0 Å². The monoisotopic (exact) mass is 484 g/mol. The molecule has 0 aliphatic carbocycles. The molecular formula is H3AgFeInLaZn. The first-order valence-corrected chi connectivity index (χ1v) is 0.